The molecule has 1 aromatic carbocycles. The highest BCUT2D eigenvalue weighted by atomic mass is 32.1. The van der Waals surface area contributed by atoms with Gasteiger partial charge in [-0.05, 0) is 12.1 Å². The first kappa shape index (κ1) is 11.9. The van der Waals surface area contributed by atoms with Crippen LogP contribution in [0.2, 0.25) is 0 Å². The Kier molecular flexibility index (Phi) is 3.24. The van der Waals surface area contributed by atoms with Crippen LogP contribution in [0, 0.1) is 0 Å². The van der Waals surface area contributed by atoms with Crippen molar-refractivity contribution in [3.63, 3.8) is 0 Å². The molecule has 0 saturated heterocycles. The van der Waals surface area contributed by atoms with Crippen LogP contribution in [0.25, 0.3) is 11.0 Å². The van der Waals surface area contributed by atoms with Crippen molar-refractivity contribution < 1.29 is 4.79 Å². The lowest BCUT2D eigenvalue weighted by Crippen LogP contribution is -2.14. The highest BCUT2D eigenvalue weighted by molar-refractivity contribution is 7.13. The number of hydrogen-bond donors (Lipinski definition) is 1. The summed E-state index contributed by atoms with van der Waals surface area (Å²) in [6.07, 6.45) is 3.84. The Bertz CT molecular complexity index is 690. The van der Waals surface area contributed by atoms with Crippen LogP contribution >= 0.6 is 11.3 Å². The van der Waals surface area contributed by atoms with E-state index in [1.54, 1.807) is 12.5 Å². The third kappa shape index (κ3) is 2.63. The van der Waals surface area contributed by atoms with Gasteiger partial charge in [-0.15, -0.1) is 11.3 Å². The highest BCUT2D eigenvalue weighted by Crippen LogP contribution is 2.13. The summed E-state index contributed by atoms with van der Waals surface area (Å²) in [6, 6.07) is 7.88. The average Bonchev–Trinajstić information content (AvgIpc) is 3.05. The molecule has 1 N–H and O–H groups in total. The first-order valence-corrected chi connectivity index (χ1v) is 6.80. The third-order valence-corrected chi connectivity index (χ3v) is 3.47. The molecule has 2 heterocycles. The van der Waals surface area contributed by atoms with Gasteiger partial charge in [0, 0.05) is 24.5 Å². The Balaban J connectivity index is 1.64. The number of amides is 1. The van der Waals surface area contributed by atoms with E-state index in [1.165, 1.54) is 11.3 Å². The molecule has 3 rings (SSSR count). The molecule has 0 saturated carbocycles. The number of para-hydroxylation sites is 2. The fraction of sp³-hybridized carbons (Fsp3) is 0.154. The topological polar surface area (TPSA) is 59.8 Å². The molecule has 1 amide bonds. The van der Waals surface area contributed by atoms with Gasteiger partial charge in [-0.3, -0.25) is 4.79 Å². The van der Waals surface area contributed by atoms with Crippen LogP contribution in [0.1, 0.15) is 6.42 Å². The maximum absolute atomic E-state index is 11.8. The normalized spacial score (nSPS) is 10.7. The third-order valence-electron chi connectivity index (χ3n) is 2.79. The van der Waals surface area contributed by atoms with Crippen molar-refractivity contribution in [2.75, 3.05) is 5.32 Å². The number of nitrogens with zero attached hydrogens (tertiary/aromatic N) is 3. The fourth-order valence-corrected chi connectivity index (χ4v) is 2.42. The quantitative estimate of drug-likeness (QED) is 0.794. The van der Waals surface area contributed by atoms with Crippen LogP contribution in [0.5, 0.6) is 0 Å². The number of rotatable bonds is 4. The van der Waals surface area contributed by atoms with Gasteiger partial charge in [0.1, 0.15) is 0 Å². The predicted molar refractivity (Wildman–Crippen MR) is 75.1 cm³/mol. The molecule has 3 aromatic rings. The highest BCUT2D eigenvalue weighted by Gasteiger charge is 2.06. The van der Waals surface area contributed by atoms with Crippen molar-refractivity contribution in [1.82, 2.24) is 14.5 Å². The van der Waals surface area contributed by atoms with Gasteiger partial charge in [0.05, 0.1) is 17.4 Å². The molecule has 2 aromatic heterocycles. The van der Waals surface area contributed by atoms with Crippen molar-refractivity contribution in [2.45, 2.75) is 13.0 Å². The van der Waals surface area contributed by atoms with Crippen molar-refractivity contribution in [2.24, 2.45) is 0 Å². The minimum Gasteiger partial charge on any atom is -0.330 e. The maximum Gasteiger partial charge on any atom is 0.227 e. The number of thiazole rings is 1. The van der Waals surface area contributed by atoms with Gasteiger partial charge in [-0.2, -0.15) is 0 Å². The van der Waals surface area contributed by atoms with Gasteiger partial charge < -0.3 is 9.88 Å². The van der Waals surface area contributed by atoms with Crippen LogP contribution in [0.15, 0.2) is 42.2 Å². The van der Waals surface area contributed by atoms with Crippen molar-refractivity contribution >= 4 is 33.4 Å². The van der Waals surface area contributed by atoms with Crippen molar-refractivity contribution in [3.05, 3.63) is 42.2 Å². The van der Waals surface area contributed by atoms with Gasteiger partial charge in [-0.1, -0.05) is 12.1 Å². The lowest BCUT2D eigenvalue weighted by atomic mass is 10.3. The zero-order valence-corrected chi connectivity index (χ0v) is 10.9. The fourth-order valence-electron chi connectivity index (χ4n) is 1.88. The predicted octanol–water partition coefficient (Wildman–Crippen LogP) is 2.52. The Morgan fingerprint density at radius 2 is 2.21 bits per heavy atom. The second-order valence-electron chi connectivity index (χ2n) is 4.06. The van der Waals surface area contributed by atoms with Crippen molar-refractivity contribution in [1.29, 1.82) is 0 Å². The summed E-state index contributed by atoms with van der Waals surface area (Å²) in [4.78, 5) is 20.1. The van der Waals surface area contributed by atoms with E-state index < -0.39 is 0 Å². The molecular weight excluding hydrogens is 260 g/mol. The number of aromatic nitrogens is 3. The number of hydrogen-bond acceptors (Lipinski definition) is 4. The molecule has 96 valence electrons. The molecular formula is C13H12N4OS. The monoisotopic (exact) mass is 272 g/mol. The Labute approximate surface area is 113 Å². The number of carbonyl (C=O) groups excluding carboxylic acids is 1. The standard InChI is InChI=1S/C13H12N4OS/c18-12(16-13-14-6-8-19-13)5-7-17-9-15-10-3-1-2-4-11(10)17/h1-4,6,8-9H,5,7H2,(H,14,16,18). The Morgan fingerprint density at radius 3 is 3.05 bits per heavy atom. The number of aryl methyl sites for hydroxylation is 1. The van der Waals surface area contributed by atoms with Crippen LogP contribution in [-0.2, 0) is 11.3 Å². The smallest absolute Gasteiger partial charge is 0.227 e. The largest absolute Gasteiger partial charge is 0.330 e. The summed E-state index contributed by atoms with van der Waals surface area (Å²) in [6.45, 7) is 0.609. The van der Waals surface area contributed by atoms with E-state index in [-0.39, 0.29) is 5.91 Å². The molecule has 0 fully saturated rings. The summed E-state index contributed by atoms with van der Waals surface area (Å²) in [5.74, 6) is -0.0345. The lowest BCUT2D eigenvalue weighted by Gasteiger charge is -2.04. The molecule has 6 heteroatoms. The van der Waals surface area contributed by atoms with E-state index in [1.807, 2.05) is 34.2 Å². The Hall–Kier alpha value is -2.21. The summed E-state index contributed by atoms with van der Waals surface area (Å²) in [7, 11) is 0. The van der Waals surface area contributed by atoms with Crippen LogP contribution in [0.3, 0.4) is 0 Å². The van der Waals surface area contributed by atoms with Gasteiger partial charge >= 0.3 is 0 Å². The first-order chi connectivity index (χ1) is 9.33. The second-order valence-corrected chi connectivity index (χ2v) is 4.96. The van der Waals surface area contributed by atoms with Crippen LogP contribution < -0.4 is 5.32 Å². The maximum atomic E-state index is 11.8. The van der Waals surface area contributed by atoms with Gasteiger partial charge in [0.15, 0.2) is 5.13 Å². The summed E-state index contributed by atoms with van der Waals surface area (Å²) in [5.41, 5.74) is 1.99. The van der Waals surface area contributed by atoms with Gasteiger partial charge in [0.2, 0.25) is 5.91 Å². The average molecular weight is 272 g/mol. The van der Waals surface area contributed by atoms with Crippen molar-refractivity contribution in [3.8, 4) is 0 Å². The van der Waals surface area contributed by atoms with Crippen LogP contribution in [-0.4, -0.2) is 20.4 Å². The number of benzene rings is 1. The zero-order chi connectivity index (χ0) is 13.1. The minimum absolute atomic E-state index is 0.0345. The number of imidazole rings is 1. The van der Waals surface area contributed by atoms with E-state index in [0.717, 1.165) is 11.0 Å². The lowest BCUT2D eigenvalue weighted by molar-refractivity contribution is -0.116. The number of anilines is 1. The molecule has 0 atom stereocenters. The van der Waals surface area contributed by atoms with E-state index in [2.05, 4.69) is 15.3 Å². The summed E-state index contributed by atoms with van der Waals surface area (Å²) >= 11 is 1.41. The number of carbonyl (C=O) groups is 1. The molecule has 0 radical (unpaired) electrons. The van der Waals surface area contributed by atoms with Crippen LogP contribution in [0.4, 0.5) is 5.13 Å². The molecule has 19 heavy (non-hydrogen) atoms. The molecule has 0 aliphatic rings. The van der Waals surface area contributed by atoms with Gasteiger partial charge in [0.25, 0.3) is 0 Å². The number of fused-ring (bicyclic) bond motifs is 1. The molecule has 0 aliphatic heterocycles. The minimum atomic E-state index is -0.0345. The van der Waals surface area contributed by atoms with E-state index in [4.69, 9.17) is 0 Å². The number of nitrogens with one attached hydrogen (secondary N) is 1. The summed E-state index contributed by atoms with van der Waals surface area (Å²) < 4.78 is 1.98. The molecule has 5 nitrogen and oxygen atoms in total. The summed E-state index contributed by atoms with van der Waals surface area (Å²) in [5, 5.41) is 5.24. The molecule has 0 unspecified atom stereocenters. The van der Waals surface area contributed by atoms with Gasteiger partial charge in [-0.25, -0.2) is 9.97 Å². The Morgan fingerprint density at radius 1 is 1.32 bits per heavy atom. The second kappa shape index (κ2) is 5.19. The van der Waals surface area contributed by atoms with E-state index in [0.29, 0.717) is 18.1 Å². The molecule has 0 spiro atoms. The zero-order valence-electron chi connectivity index (χ0n) is 10.1. The first-order valence-electron chi connectivity index (χ1n) is 5.92. The molecule has 0 aliphatic carbocycles. The molecule has 0 bridgehead atoms. The van der Waals surface area contributed by atoms with E-state index in [9.17, 15) is 4.79 Å². The van der Waals surface area contributed by atoms with E-state index >= 15 is 0 Å². The SMILES string of the molecule is O=C(CCn1cnc2ccccc21)Nc1nccs1.